The third kappa shape index (κ3) is 1.03. The van der Waals surface area contributed by atoms with E-state index in [9.17, 15) is 0 Å². The molecule has 0 saturated carbocycles. The van der Waals surface area contributed by atoms with Crippen molar-refractivity contribution in [3.05, 3.63) is 43.1 Å². The monoisotopic (exact) mass is 184 g/mol. The lowest BCUT2D eigenvalue weighted by atomic mass is 10.1. The second kappa shape index (κ2) is 2.73. The molecule has 0 unspecified atom stereocenters. The first-order valence-electron chi connectivity index (χ1n) is 4.40. The number of rotatable bonds is 1. The van der Waals surface area contributed by atoms with Crippen molar-refractivity contribution in [2.24, 2.45) is 0 Å². The van der Waals surface area contributed by atoms with E-state index in [0.717, 1.165) is 22.2 Å². The summed E-state index contributed by atoms with van der Waals surface area (Å²) in [6.45, 7) is 0. The van der Waals surface area contributed by atoms with Gasteiger partial charge < -0.3 is 9.40 Å². The maximum atomic E-state index is 5.24. The Morgan fingerprint density at radius 1 is 1.14 bits per heavy atom. The van der Waals surface area contributed by atoms with Crippen LogP contribution in [0.3, 0.4) is 0 Å². The van der Waals surface area contributed by atoms with Crippen LogP contribution in [0.15, 0.2) is 47.5 Å². The molecule has 3 rings (SSSR count). The summed E-state index contributed by atoms with van der Waals surface area (Å²) in [5.41, 5.74) is 4.01. The number of aromatic amines is 1. The number of H-pyrrole nitrogens is 1. The van der Waals surface area contributed by atoms with Gasteiger partial charge in [-0.05, 0) is 29.3 Å². The summed E-state index contributed by atoms with van der Waals surface area (Å²) in [6, 6.07) is 8.01. The molecule has 0 spiro atoms. The first-order valence-corrected chi connectivity index (χ1v) is 4.40. The molecule has 2 heterocycles. The van der Waals surface area contributed by atoms with Gasteiger partial charge in [0.15, 0.2) is 12.0 Å². The molecule has 3 aromatic rings. The topological polar surface area (TPSA) is 41.8 Å². The van der Waals surface area contributed by atoms with Gasteiger partial charge in [0.25, 0.3) is 0 Å². The molecule has 0 radical (unpaired) electrons. The Morgan fingerprint density at radius 3 is 3.00 bits per heavy atom. The first kappa shape index (κ1) is 7.38. The van der Waals surface area contributed by atoms with E-state index in [-0.39, 0.29) is 0 Å². The highest BCUT2D eigenvalue weighted by Crippen LogP contribution is 2.23. The lowest BCUT2D eigenvalue weighted by Crippen LogP contribution is -1.73. The molecule has 0 atom stereocenters. The van der Waals surface area contributed by atoms with Crippen molar-refractivity contribution in [2.75, 3.05) is 0 Å². The summed E-state index contributed by atoms with van der Waals surface area (Å²) in [4.78, 5) is 7.09. The van der Waals surface area contributed by atoms with Gasteiger partial charge in [-0.15, -0.1) is 0 Å². The van der Waals surface area contributed by atoms with Gasteiger partial charge >= 0.3 is 0 Å². The largest absolute Gasteiger partial charge is 0.443 e. The molecule has 1 N–H and O–H groups in total. The average molecular weight is 184 g/mol. The number of hydrogen-bond acceptors (Lipinski definition) is 2. The summed E-state index contributed by atoms with van der Waals surface area (Å²) >= 11 is 0. The number of hydrogen-bond donors (Lipinski definition) is 1. The van der Waals surface area contributed by atoms with E-state index in [0.29, 0.717) is 0 Å². The second-order valence-corrected chi connectivity index (χ2v) is 3.13. The van der Waals surface area contributed by atoms with E-state index >= 15 is 0 Å². The zero-order chi connectivity index (χ0) is 9.38. The van der Waals surface area contributed by atoms with E-state index in [1.54, 1.807) is 0 Å². The van der Waals surface area contributed by atoms with E-state index in [2.05, 4.69) is 9.97 Å². The van der Waals surface area contributed by atoms with Crippen molar-refractivity contribution in [1.82, 2.24) is 9.97 Å². The van der Waals surface area contributed by atoms with Crippen molar-refractivity contribution < 1.29 is 4.42 Å². The zero-order valence-electron chi connectivity index (χ0n) is 7.40. The van der Waals surface area contributed by atoms with Crippen LogP contribution in [0.1, 0.15) is 0 Å². The normalized spacial score (nSPS) is 10.9. The van der Waals surface area contributed by atoms with Gasteiger partial charge in [0.1, 0.15) is 5.52 Å². The average Bonchev–Trinajstić information content (AvgIpc) is 2.88. The van der Waals surface area contributed by atoms with Crippen LogP contribution in [0, 0.1) is 0 Å². The minimum atomic E-state index is 0.823. The van der Waals surface area contributed by atoms with Crippen LogP contribution in [-0.4, -0.2) is 9.97 Å². The molecule has 1 aromatic carbocycles. The minimum absolute atomic E-state index is 0.823. The first-order chi connectivity index (χ1) is 6.93. The highest BCUT2D eigenvalue weighted by Gasteiger charge is 2.01. The molecule has 14 heavy (non-hydrogen) atoms. The SMILES string of the molecule is c1cc(-c2ccc3ncoc3c2)c[nH]1. The molecular formula is C11H8N2O. The molecule has 0 aliphatic carbocycles. The molecule has 0 fully saturated rings. The smallest absolute Gasteiger partial charge is 0.181 e. The van der Waals surface area contributed by atoms with E-state index < -0.39 is 0 Å². The molecule has 0 bridgehead atoms. The molecule has 2 aromatic heterocycles. The van der Waals surface area contributed by atoms with E-state index in [1.807, 2.05) is 36.7 Å². The summed E-state index contributed by atoms with van der Waals surface area (Å²) in [6.07, 6.45) is 5.32. The van der Waals surface area contributed by atoms with Gasteiger partial charge in [-0.3, -0.25) is 0 Å². The lowest BCUT2D eigenvalue weighted by Gasteiger charge is -1.95. The van der Waals surface area contributed by atoms with Crippen LogP contribution < -0.4 is 0 Å². The maximum Gasteiger partial charge on any atom is 0.181 e. The summed E-state index contributed by atoms with van der Waals surface area (Å²) < 4.78 is 5.24. The number of aromatic nitrogens is 2. The Balaban J connectivity index is 2.23. The molecule has 0 amide bonds. The maximum absolute atomic E-state index is 5.24. The fourth-order valence-corrected chi connectivity index (χ4v) is 1.54. The molecule has 3 nitrogen and oxygen atoms in total. The zero-order valence-corrected chi connectivity index (χ0v) is 7.40. The third-order valence-corrected chi connectivity index (χ3v) is 2.26. The highest BCUT2D eigenvalue weighted by molar-refractivity contribution is 5.79. The van der Waals surface area contributed by atoms with Crippen molar-refractivity contribution in [3.8, 4) is 11.1 Å². The molecule has 0 aliphatic rings. The lowest BCUT2D eigenvalue weighted by molar-refractivity contribution is 0.602. The summed E-state index contributed by atoms with van der Waals surface area (Å²) in [5.74, 6) is 0. The summed E-state index contributed by atoms with van der Waals surface area (Å²) in [7, 11) is 0. The van der Waals surface area contributed by atoms with Gasteiger partial charge in [-0.1, -0.05) is 6.07 Å². The highest BCUT2D eigenvalue weighted by atomic mass is 16.3. The molecule has 68 valence electrons. The minimum Gasteiger partial charge on any atom is -0.443 e. The van der Waals surface area contributed by atoms with Crippen LogP contribution in [-0.2, 0) is 0 Å². The Morgan fingerprint density at radius 2 is 2.14 bits per heavy atom. The standard InChI is InChI=1S/C11H8N2O/c1-2-10-11(14-7-13-10)5-8(1)9-3-4-12-6-9/h1-7,12H. The van der Waals surface area contributed by atoms with Crippen LogP contribution in [0.5, 0.6) is 0 Å². The molecule has 0 saturated heterocycles. The predicted octanol–water partition coefficient (Wildman–Crippen LogP) is 2.82. The Hall–Kier alpha value is -2.03. The van der Waals surface area contributed by atoms with Gasteiger partial charge in [-0.2, -0.15) is 0 Å². The second-order valence-electron chi connectivity index (χ2n) is 3.13. The number of nitrogens with one attached hydrogen (secondary N) is 1. The van der Waals surface area contributed by atoms with E-state index in [4.69, 9.17) is 4.42 Å². The molecular weight excluding hydrogens is 176 g/mol. The van der Waals surface area contributed by atoms with Gasteiger partial charge in [-0.25, -0.2) is 4.98 Å². The van der Waals surface area contributed by atoms with Crippen molar-refractivity contribution in [1.29, 1.82) is 0 Å². The Bertz CT molecular complexity index is 551. The van der Waals surface area contributed by atoms with Crippen LogP contribution in [0.4, 0.5) is 0 Å². The molecule has 3 heteroatoms. The fraction of sp³-hybridized carbons (Fsp3) is 0. The van der Waals surface area contributed by atoms with Gasteiger partial charge in [0.2, 0.25) is 0 Å². The van der Waals surface area contributed by atoms with Crippen molar-refractivity contribution in [3.63, 3.8) is 0 Å². The quantitative estimate of drug-likeness (QED) is 0.631. The van der Waals surface area contributed by atoms with Crippen molar-refractivity contribution >= 4 is 11.1 Å². The fourth-order valence-electron chi connectivity index (χ4n) is 1.54. The van der Waals surface area contributed by atoms with Gasteiger partial charge in [0.05, 0.1) is 0 Å². The number of oxazole rings is 1. The van der Waals surface area contributed by atoms with Crippen LogP contribution in [0.25, 0.3) is 22.2 Å². The third-order valence-electron chi connectivity index (χ3n) is 2.26. The number of fused-ring (bicyclic) bond motifs is 1. The number of benzene rings is 1. The Labute approximate surface area is 80.4 Å². The molecule has 0 aliphatic heterocycles. The Kier molecular flexibility index (Phi) is 1.44. The van der Waals surface area contributed by atoms with Crippen LogP contribution >= 0.6 is 0 Å². The van der Waals surface area contributed by atoms with Crippen LogP contribution in [0.2, 0.25) is 0 Å². The van der Waals surface area contributed by atoms with Gasteiger partial charge in [0, 0.05) is 12.4 Å². The number of nitrogens with zero attached hydrogens (tertiary/aromatic N) is 1. The van der Waals surface area contributed by atoms with Crippen molar-refractivity contribution in [2.45, 2.75) is 0 Å². The van der Waals surface area contributed by atoms with E-state index in [1.165, 1.54) is 6.39 Å². The summed E-state index contributed by atoms with van der Waals surface area (Å²) in [5, 5.41) is 0. The predicted molar refractivity (Wildman–Crippen MR) is 53.8 cm³/mol.